The molecule has 1 saturated carbocycles. The van der Waals surface area contributed by atoms with E-state index < -0.39 is 16.4 Å². The number of rotatable bonds is 7. The van der Waals surface area contributed by atoms with Crippen LogP contribution in [0.25, 0.3) is 0 Å². The first kappa shape index (κ1) is 21.2. The molecule has 0 spiro atoms. The molecule has 2 fully saturated rings. The third-order valence-electron chi connectivity index (χ3n) is 5.63. The van der Waals surface area contributed by atoms with Gasteiger partial charge in [0.15, 0.2) is 9.84 Å². The molecular formula is C18H28F2N4O3S. The van der Waals surface area contributed by atoms with Gasteiger partial charge in [0, 0.05) is 24.5 Å². The summed E-state index contributed by atoms with van der Waals surface area (Å²) < 4.78 is 50.7. The van der Waals surface area contributed by atoms with Crippen LogP contribution in [0, 0.1) is 0 Å². The van der Waals surface area contributed by atoms with E-state index in [9.17, 15) is 22.0 Å². The van der Waals surface area contributed by atoms with Crippen LogP contribution < -0.4 is 0 Å². The number of amides is 1. The highest BCUT2D eigenvalue weighted by Gasteiger charge is 2.38. The number of likely N-dealkylation sites (N-methyl/N-ethyl adjacent to an activating group) is 1. The molecule has 3 rings (SSSR count). The molecule has 0 radical (unpaired) electrons. The topological polar surface area (TPSA) is 75.5 Å². The highest BCUT2D eigenvalue weighted by molar-refractivity contribution is 7.91. The van der Waals surface area contributed by atoms with Crippen LogP contribution in [0.3, 0.4) is 0 Å². The van der Waals surface area contributed by atoms with Gasteiger partial charge in [-0.1, -0.05) is 19.3 Å². The van der Waals surface area contributed by atoms with Crippen LogP contribution >= 0.6 is 0 Å². The first-order chi connectivity index (χ1) is 13.3. The van der Waals surface area contributed by atoms with Crippen molar-refractivity contribution in [3.05, 3.63) is 18.2 Å². The van der Waals surface area contributed by atoms with Gasteiger partial charge in [0.1, 0.15) is 5.82 Å². The van der Waals surface area contributed by atoms with Crippen molar-refractivity contribution in [3.63, 3.8) is 0 Å². The summed E-state index contributed by atoms with van der Waals surface area (Å²) in [4.78, 5) is 20.5. The van der Waals surface area contributed by atoms with Gasteiger partial charge in [0.05, 0.1) is 24.6 Å². The smallest absolute Gasteiger partial charge is 0.319 e. The van der Waals surface area contributed by atoms with Gasteiger partial charge in [-0.2, -0.15) is 8.78 Å². The summed E-state index contributed by atoms with van der Waals surface area (Å²) in [6.45, 7) is -2.52. The summed E-state index contributed by atoms with van der Waals surface area (Å²) in [5.74, 6) is 0.203. The Morgan fingerprint density at radius 3 is 2.57 bits per heavy atom. The second-order valence-corrected chi connectivity index (χ2v) is 10.1. The highest BCUT2D eigenvalue weighted by atomic mass is 32.2. The monoisotopic (exact) mass is 418 g/mol. The van der Waals surface area contributed by atoms with E-state index in [-0.39, 0.29) is 48.4 Å². The number of nitrogens with zero attached hydrogens (tertiary/aromatic N) is 4. The first-order valence-corrected chi connectivity index (χ1v) is 11.6. The van der Waals surface area contributed by atoms with E-state index in [4.69, 9.17) is 0 Å². The standard InChI is InChI=1S/C18H28F2N4O3S/c1-22(11-16-21-8-9-23(16)18(19)20)12-17(25)24(14-5-3-2-4-6-14)15-7-10-28(26,27)13-15/h8-9,14-15,18H,2-7,10-13H2,1H3. The minimum Gasteiger partial charge on any atom is -0.335 e. The maximum atomic E-state index is 13.1. The minimum atomic E-state index is -3.10. The third-order valence-corrected chi connectivity index (χ3v) is 7.38. The number of sulfone groups is 1. The molecule has 1 saturated heterocycles. The fraction of sp³-hybridized carbons (Fsp3) is 0.778. The minimum absolute atomic E-state index is 0.0226. The molecular weight excluding hydrogens is 390 g/mol. The quantitative estimate of drug-likeness (QED) is 0.678. The lowest BCUT2D eigenvalue weighted by atomic mass is 9.93. The average molecular weight is 419 g/mol. The van der Waals surface area contributed by atoms with Gasteiger partial charge in [-0.05, 0) is 26.3 Å². The second-order valence-electron chi connectivity index (χ2n) is 7.85. The van der Waals surface area contributed by atoms with Crippen molar-refractivity contribution < 1.29 is 22.0 Å². The van der Waals surface area contributed by atoms with E-state index in [1.54, 1.807) is 16.8 Å². The molecule has 28 heavy (non-hydrogen) atoms. The molecule has 158 valence electrons. The maximum absolute atomic E-state index is 13.1. The van der Waals surface area contributed by atoms with Gasteiger partial charge in [0.25, 0.3) is 0 Å². The molecule has 1 atom stereocenters. The van der Waals surface area contributed by atoms with Crippen molar-refractivity contribution >= 4 is 15.7 Å². The van der Waals surface area contributed by atoms with Crippen molar-refractivity contribution in [2.24, 2.45) is 0 Å². The van der Waals surface area contributed by atoms with Gasteiger partial charge in [0.2, 0.25) is 5.91 Å². The summed E-state index contributed by atoms with van der Waals surface area (Å²) in [6.07, 6.45) is 8.00. The predicted octanol–water partition coefficient (Wildman–Crippen LogP) is 2.06. The Hall–Kier alpha value is -1.55. The first-order valence-electron chi connectivity index (χ1n) is 9.77. The Balaban J connectivity index is 1.69. The molecule has 1 aromatic rings. The second kappa shape index (κ2) is 8.86. The summed E-state index contributed by atoms with van der Waals surface area (Å²) >= 11 is 0. The lowest BCUT2D eigenvalue weighted by Gasteiger charge is -2.39. The van der Waals surface area contributed by atoms with E-state index in [0.29, 0.717) is 6.42 Å². The largest absolute Gasteiger partial charge is 0.335 e. The van der Waals surface area contributed by atoms with E-state index in [1.807, 2.05) is 0 Å². The number of carbonyl (C=O) groups excluding carboxylic acids is 1. The summed E-state index contributed by atoms with van der Waals surface area (Å²) in [7, 11) is -1.41. The van der Waals surface area contributed by atoms with Crippen LogP contribution in [0.5, 0.6) is 0 Å². The van der Waals surface area contributed by atoms with Gasteiger partial charge < -0.3 is 4.90 Å². The molecule has 1 unspecified atom stereocenters. The molecule has 0 aromatic carbocycles. The zero-order chi connectivity index (χ0) is 20.3. The Morgan fingerprint density at radius 2 is 1.96 bits per heavy atom. The third kappa shape index (κ3) is 5.08. The number of alkyl halides is 2. The molecule has 1 aliphatic carbocycles. The van der Waals surface area contributed by atoms with Gasteiger partial charge in [-0.15, -0.1) is 0 Å². The summed E-state index contributed by atoms with van der Waals surface area (Å²) in [5.41, 5.74) is 0. The average Bonchev–Trinajstić information content (AvgIpc) is 3.22. The van der Waals surface area contributed by atoms with Crippen LogP contribution in [0.15, 0.2) is 12.4 Å². The highest BCUT2D eigenvalue weighted by Crippen LogP contribution is 2.28. The van der Waals surface area contributed by atoms with E-state index in [0.717, 1.165) is 36.7 Å². The van der Waals surface area contributed by atoms with Crippen molar-refractivity contribution in [1.29, 1.82) is 0 Å². The van der Waals surface area contributed by atoms with Crippen molar-refractivity contribution in [3.8, 4) is 0 Å². The van der Waals surface area contributed by atoms with E-state index >= 15 is 0 Å². The number of hydrogen-bond donors (Lipinski definition) is 0. The molecule has 1 amide bonds. The van der Waals surface area contributed by atoms with Crippen LogP contribution in [0.1, 0.15) is 50.9 Å². The molecule has 1 aliphatic heterocycles. The fourth-order valence-electron chi connectivity index (χ4n) is 4.31. The van der Waals surface area contributed by atoms with Crippen molar-refractivity contribution in [2.45, 2.75) is 63.7 Å². The maximum Gasteiger partial charge on any atom is 0.319 e. The van der Waals surface area contributed by atoms with Crippen molar-refractivity contribution in [2.75, 3.05) is 25.1 Å². The van der Waals surface area contributed by atoms with Gasteiger partial charge in [-0.25, -0.2) is 13.4 Å². The lowest BCUT2D eigenvalue weighted by Crippen LogP contribution is -2.51. The number of halogens is 2. The number of hydrogen-bond acceptors (Lipinski definition) is 5. The van der Waals surface area contributed by atoms with Gasteiger partial charge >= 0.3 is 6.55 Å². The lowest BCUT2D eigenvalue weighted by molar-refractivity contribution is -0.137. The fourth-order valence-corrected chi connectivity index (χ4v) is 6.02. The molecule has 10 heteroatoms. The summed E-state index contributed by atoms with van der Waals surface area (Å²) in [5, 5.41) is 0. The Kier molecular flexibility index (Phi) is 6.69. The molecule has 0 bridgehead atoms. The van der Waals surface area contributed by atoms with Crippen LogP contribution in [0.4, 0.5) is 8.78 Å². The van der Waals surface area contributed by atoms with Crippen LogP contribution in [-0.4, -0.2) is 70.9 Å². The number of aromatic nitrogens is 2. The number of imidazole rings is 1. The molecule has 2 heterocycles. The van der Waals surface area contributed by atoms with E-state index in [1.165, 1.54) is 12.4 Å². The summed E-state index contributed by atoms with van der Waals surface area (Å²) in [6, 6.07) is -0.215. The Bertz CT molecular complexity index is 778. The zero-order valence-electron chi connectivity index (χ0n) is 16.1. The predicted molar refractivity (Wildman–Crippen MR) is 101 cm³/mol. The Morgan fingerprint density at radius 1 is 1.25 bits per heavy atom. The van der Waals surface area contributed by atoms with E-state index in [2.05, 4.69) is 4.98 Å². The van der Waals surface area contributed by atoms with Crippen molar-refractivity contribution in [1.82, 2.24) is 19.4 Å². The molecule has 1 aromatic heterocycles. The molecule has 0 N–H and O–H groups in total. The SMILES string of the molecule is CN(CC(=O)N(C1CCCCC1)C1CCS(=O)(=O)C1)Cc1nccn1C(F)F. The number of carbonyl (C=O) groups is 1. The van der Waals surface area contributed by atoms with Gasteiger partial charge in [-0.3, -0.25) is 14.3 Å². The zero-order valence-corrected chi connectivity index (χ0v) is 17.0. The molecule has 7 nitrogen and oxygen atoms in total. The van der Waals surface area contributed by atoms with Crippen LogP contribution in [0.2, 0.25) is 0 Å². The Labute approximate surface area is 164 Å². The molecule has 2 aliphatic rings. The normalized spacial score (nSPS) is 22.8. The van der Waals surface area contributed by atoms with Crippen LogP contribution in [-0.2, 0) is 21.2 Å².